The van der Waals surface area contributed by atoms with Gasteiger partial charge in [0.05, 0.1) is 26.3 Å². The van der Waals surface area contributed by atoms with Crippen LogP contribution in [0.1, 0.15) is 17.7 Å². The van der Waals surface area contributed by atoms with E-state index in [0.29, 0.717) is 12.8 Å². The number of ether oxygens (including phenoxy) is 2. The molecule has 0 radical (unpaired) electrons. The molecule has 0 aliphatic rings. The van der Waals surface area contributed by atoms with Gasteiger partial charge in [0.2, 0.25) is 0 Å². The topological polar surface area (TPSA) is 60.5 Å². The van der Waals surface area contributed by atoms with Crippen molar-refractivity contribution in [1.82, 2.24) is 4.98 Å². The van der Waals surface area contributed by atoms with Crippen LogP contribution in [0.4, 0.5) is 10.8 Å². The Kier molecular flexibility index (Phi) is 5.16. The van der Waals surface area contributed by atoms with Gasteiger partial charge in [-0.15, -0.1) is 11.3 Å². The van der Waals surface area contributed by atoms with Gasteiger partial charge >= 0.3 is 5.97 Å². The number of carbonyl (C=O) groups excluding carboxylic acids is 1. The first-order chi connectivity index (χ1) is 10.1. The Morgan fingerprint density at radius 2 is 2.19 bits per heavy atom. The van der Waals surface area contributed by atoms with Crippen LogP contribution in [0.2, 0.25) is 0 Å². The highest BCUT2D eigenvalue weighted by molar-refractivity contribution is 7.13. The van der Waals surface area contributed by atoms with Gasteiger partial charge in [0.1, 0.15) is 5.75 Å². The normalized spacial score (nSPS) is 10.2. The summed E-state index contributed by atoms with van der Waals surface area (Å²) in [5, 5.41) is 6.04. The summed E-state index contributed by atoms with van der Waals surface area (Å²) >= 11 is 1.52. The molecule has 6 heteroatoms. The largest absolute Gasteiger partial charge is 0.497 e. The summed E-state index contributed by atoms with van der Waals surface area (Å²) in [6.45, 7) is 2.01. The van der Waals surface area contributed by atoms with Crippen molar-refractivity contribution in [3.8, 4) is 5.75 Å². The number of aromatic nitrogens is 1. The van der Waals surface area contributed by atoms with Gasteiger partial charge in [0, 0.05) is 17.5 Å². The predicted octanol–water partition coefficient (Wildman–Crippen LogP) is 3.31. The Balaban J connectivity index is 2.00. The molecular formula is C15H18N2O3S. The monoisotopic (exact) mass is 306 g/mol. The van der Waals surface area contributed by atoms with Gasteiger partial charge in [-0.3, -0.25) is 4.79 Å². The molecular weight excluding hydrogens is 288 g/mol. The molecule has 1 aromatic heterocycles. The predicted molar refractivity (Wildman–Crippen MR) is 83.5 cm³/mol. The number of hydrogen-bond acceptors (Lipinski definition) is 6. The minimum atomic E-state index is -0.219. The van der Waals surface area contributed by atoms with Crippen molar-refractivity contribution in [2.75, 3.05) is 19.5 Å². The van der Waals surface area contributed by atoms with Crippen molar-refractivity contribution in [2.24, 2.45) is 0 Å². The fourth-order valence-corrected chi connectivity index (χ4v) is 2.59. The lowest BCUT2D eigenvalue weighted by molar-refractivity contribution is -0.140. The van der Waals surface area contributed by atoms with Crippen LogP contribution in [0.3, 0.4) is 0 Å². The molecule has 2 rings (SSSR count). The number of esters is 1. The zero-order chi connectivity index (χ0) is 15.2. The number of benzene rings is 1. The van der Waals surface area contributed by atoms with E-state index in [1.165, 1.54) is 18.4 Å². The van der Waals surface area contributed by atoms with Gasteiger partial charge in [-0.05, 0) is 30.7 Å². The van der Waals surface area contributed by atoms with Crippen molar-refractivity contribution in [3.63, 3.8) is 0 Å². The number of nitrogens with zero attached hydrogens (tertiary/aromatic N) is 1. The Morgan fingerprint density at radius 1 is 1.38 bits per heavy atom. The summed E-state index contributed by atoms with van der Waals surface area (Å²) in [5.41, 5.74) is 2.96. The van der Waals surface area contributed by atoms with E-state index >= 15 is 0 Å². The maximum Gasteiger partial charge on any atom is 0.305 e. The minimum Gasteiger partial charge on any atom is -0.497 e. The smallest absolute Gasteiger partial charge is 0.305 e. The second-order valence-electron chi connectivity index (χ2n) is 4.53. The van der Waals surface area contributed by atoms with E-state index in [4.69, 9.17) is 4.74 Å². The number of rotatable bonds is 6. The van der Waals surface area contributed by atoms with Gasteiger partial charge < -0.3 is 14.8 Å². The van der Waals surface area contributed by atoms with Gasteiger partial charge in [-0.1, -0.05) is 0 Å². The van der Waals surface area contributed by atoms with Crippen LogP contribution >= 0.6 is 11.3 Å². The van der Waals surface area contributed by atoms with E-state index in [9.17, 15) is 4.79 Å². The van der Waals surface area contributed by atoms with Crippen molar-refractivity contribution >= 4 is 28.1 Å². The third kappa shape index (κ3) is 4.19. The van der Waals surface area contributed by atoms with Crippen LogP contribution in [0, 0.1) is 6.92 Å². The molecule has 0 unspecified atom stereocenters. The number of hydrogen-bond donors (Lipinski definition) is 1. The third-order valence-corrected chi connectivity index (χ3v) is 3.85. The maximum absolute atomic E-state index is 11.1. The standard InChI is InChI=1S/C15H18N2O3S/c1-10-8-12(19-2)5-6-13(10)17-15-16-11(9-21-15)4-7-14(18)20-3/h5-6,8-9H,4,7H2,1-3H3,(H,16,17). The summed E-state index contributed by atoms with van der Waals surface area (Å²) in [6, 6.07) is 5.83. The molecule has 0 saturated heterocycles. The number of thiazole rings is 1. The van der Waals surface area contributed by atoms with E-state index in [-0.39, 0.29) is 5.97 Å². The van der Waals surface area contributed by atoms with Crippen LogP contribution in [-0.2, 0) is 16.0 Å². The lowest BCUT2D eigenvalue weighted by atomic mass is 10.2. The molecule has 0 aliphatic carbocycles. The van der Waals surface area contributed by atoms with Crippen molar-refractivity contribution in [3.05, 3.63) is 34.8 Å². The molecule has 0 amide bonds. The van der Waals surface area contributed by atoms with E-state index in [1.54, 1.807) is 7.11 Å². The highest BCUT2D eigenvalue weighted by Crippen LogP contribution is 2.26. The number of aryl methyl sites for hydroxylation is 2. The second kappa shape index (κ2) is 7.08. The summed E-state index contributed by atoms with van der Waals surface area (Å²) in [7, 11) is 3.04. The summed E-state index contributed by atoms with van der Waals surface area (Å²) in [6.07, 6.45) is 0.938. The highest BCUT2D eigenvalue weighted by Gasteiger charge is 2.07. The van der Waals surface area contributed by atoms with Gasteiger partial charge in [-0.2, -0.15) is 0 Å². The SMILES string of the molecule is COC(=O)CCc1csc(Nc2ccc(OC)cc2C)n1. The van der Waals surface area contributed by atoms with Crippen LogP contribution in [0.25, 0.3) is 0 Å². The molecule has 0 aliphatic heterocycles. The molecule has 1 N–H and O–H groups in total. The molecule has 0 fully saturated rings. The molecule has 0 bridgehead atoms. The molecule has 112 valence electrons. The van der Waals surface area contributed by atoms with E-state index in [1.807, 2.05) is 30.5 Å². The van der Waals surface area contributed by atoms with Crippen molar-refractivity contribution in [2.45, 2.75) is 19.8 Å². The Bertz CT molecular complexity index is 625. The number of nitrogens with one attached hydrogen (secondary N) is 1. The molecule has 0 spiro atoms. The van der Waals surface area contributed by atoms with E-state index in [0.717, 1.165) is 27.8 Å². The lowest BCUT2D eigenvalue weighted by Crippen LogP contribution is -2.02. The van der Waals surface area contributed by atoms with Crippen LogP contribution in [-0.4, -0.2) is 25.2 Å². The molecule has 21 heavy (non-hydrogen) atoms. The molecule has 5 nitrogen and oxygen atoms in total. The lowest BCUT2D eigenvalue weighted by Gasteiger charge is -2.08. The van der Waals surface area contributed by atoms with Crippen molar-refractivity contribution in [1.29, 1.82) is 0 Å². The van der Waals surface area contributed by atoms with Gasteiger partial charge in [-0.25, -0.2) is 4.98 Å². The first-order valence-corrected chi connectivity index (χ1v) is 7.43. The zero-order valence-electron chi connectivity index (χ0n) is 12.3. The van der Waals surface area contributed by atoms with Crippen molar-refractivity contribution < 1.29 is 14.3 Å². The van der Waals surface area contributed by atoms with Gasteiger partial charge in [0.15, 0.2) is 5.13 Å². The summed E-state index contributed by atoms with van der Waals surface area (Å²) in [4.78, 5) is 15.6. The number of methoxy groups -OCH3 is 2. The number of anilines is 2. The maximum atomic E-state index is 11.1. The minimum absolute atomic E-state index is 0.219. The fraction of sp³-hybridized carbons (Fsp3) is 0.333. The molecule has 1 aromatic carbocycles. The molecule has 2 aromatic rings. The van der Waals surface area contributed by atoms with Crippen LogP contribution in [0.15, 0.2) is 23.6 Å². The van der Waals surface area contributed by atoms with E-state index in [2.05, 4.69) is 15.0 Å². The average molecular weight is 306 g/mol. The molecule has 0 atom stereocenters. The highest BCUT2D eigenvalue weighted by atomic mass is 32.1. The Hall–Kier alpha value is -2.08. The fourth-order valence-electron chi connectivity index (χ4n) is 1.83. The summed E-state index contributed by atoms with van der Waals surface area (Å²) in [5.74, 6) is 0.611. The molecule has 0 saturated carbocycles. The van der Waals surface area contributed by atoms with Crippen LogP contribution < -0.4 is 10.1 Å². The average Bonchev–Trinajstić information content (AvgIpc) is 2.94. The van der Waals surface area contributed by atoms with E-state index < -0.39 is 0 Å². The zero-order valence-corrected chi connectivity index (χ0v) is 13.1. The molecule has 1 heterocycles. The Morgan fingerprint density at radius 3 is 2.86 bits per heavy atom. The van der Waals surface area contributed by atoms with Gasteiger partial charge in [0.25, 0.3) is 0 Å². The first kappa shape index (κ1) is 15.3. The number of carbonyl (C=O) groups is 1. The Labute approximate surface area is 127 Å². The summed E-state index contributed by atoms with van der Waals surface area (Å²) < 4.78 is 9.81. The third-order valence-electron chi connectivity index (χ3n) is 3.04. The van der Waals surface area contributed by atoms with Crippen LogP contribution in [0.5, 0.6) is 5.75 Å². The second-order valence-corrected chi connectivity index (χ2v) is 5.38. The first-order valence-electron chi connectivity index (χ1n) is 6.55. The quantitative estimate of drug-likeness (QED) is 0.830.